The van der Waals surface area contributed by atoms with Crippen molar-refractivity contribution in [3.63, 3.8) is 0 Å². The number of nitrogens with zero attached hydrogens (tertiary/aromatic N) is 1. The maximum Gasteiger partial charge on any atom is 0.272 e. The normalized spacial score (nSPS) is 15.9. The molecule has 3 rings (SSSR count). The summed E-state index contributed by atoms with van der Waals surface area (Å²) in [5.41, 5.74) is 12.9. The Morgan fingerprint density at radius 1 is 1.42 bits per heavy atom. The number of ether oxygens (including phenoxy) is 1. The number of H-pyrrole nitrogens is 1. The van der Waals surface area contributed by atoms with E-state index in [4.69, 9.17) is 16.2 Å². The van der Waals surface area contributed by atoms with E-state index >= 15 is 0 Å². The van der Waals surface area contributed by atoms with Gasteiger partial charge in [0.15, 0.2) is 6.20 Å². The first kappa shape index (κ1) is 12.2. The zero-order valence-corrected chi connectivity index (χ0v) is 11.1. The molecule has 0 radical (unpaired) electrons. The van der Waals surface area contributed by atoms with E-state index in [0.29, 0.717) is 23.8 Å². The zero-order chi connectivity index (χ0) is 13.4. The number of nitrogens with one attached hydrogen (secondary N) is 1. The van der Waals surface area contributed by atoms with Crippen molar-refractivity contribution in [1.82, 2.24) is 0 Å². The number of thiophene rings is 1. The summed E-state index contributed by atoms with van der Waals surface area (Å²) in [6.07, 6.45) is 1.86. The van der Waals surface area contributed by atoms with Crippen LogP contribution in [0.5, 0.6) is 0 Å². The number of pyridine rings is 1. The highest BCUT2D eigenvalue weighted by molar-refractivity contribution is 7.20. The molecule has 100 valence electrons. The Balaban J connectivity index is 2.16. The fourth-order valence-corrected chi connectivity index (χ4v) is 3.29. The molecule has 1 aliphatic rings. The van der Waals surface area contributed by atoms with Crippen LogP contribution in [0.3, 0.4) is 0 Å². The molecule has 0 unspecified atom stereocenters. The molecule has 0 aromatic carbocycles. The van der Waals surface area contributed by atoms with Gasteiger partial charge < -0.3 is 21.1 Å². The van der Waals surface area contributed by atoms with Crippen LogP contribution >= 0.6 is 11.3 Å². The van der Waals surface area contributed by atoms with Gasteiger partial charge in [-0.15, -0.1) is 0 Å². The van der Waals surface area contributed by atoms with Crippen molar-refractivity contribution in [2.75, 3.05) is 36.9 Å². The van der Waals surface area contributed by atoms with Crippen LogP contribution in [0.1, 0.15) is 9.67 Å². The van der Waals surface area contributed by atoms with Gasteiger partial charge in [0, 0.05) is 19.2 Å². The minimum atomic E-state index is -0.486. The van der Waals surface area contributed by atoms with Crippen LogP contribution in [-0.2, 0) is 4.74 Å². The van der Waals surface area contributed by atoms with Crippen molar-refractivity contribution in [2.45, 2.75) is 0 Å². The lowest BCUT2D eigenvalue weighted by Gasteiger charge is -2.28. The molecule has 1 fully saturated rings. The molecule has 2 aromatic heterocycles. The molecule has 5 N–H and O–H groups in total. The Bertz CT molecular complexity index is 634. The van der Waals surface area contributed by atoms with Gasteiger partial charge in [-0.2, -0.15) is 0 Å². The average molecular weight is 279 g/mol. The van der Waals surface area contributed by atoms with E-state index in [9.17, 15) is 4.79 Å². The Hall–Kier alpha value is -1.86. The summed E-state index contributed by atoms with van der Waals surface area (Å²) in [4.78, 5) is 18.0. The van der Waals surface area contributed by atoms with E-state index in [1.807, 2.05) is 12.3 Å². The minimum Gasteiger partial charge on any atom is -0.397 e. The zero-order valence-electron chi connectivity index (χ0n) is 10.3. The molecule has 0 saturated carbocycles. The smallest absolute Gasteiger partial charge is 0.272 e. The lowest BCUT2D eigenvalue weighted by Crippen LogP contribution is -2.36. The third-order valence-electron chi connectivity index (χ3n) is 3.23. The number of primary amides is 1. The summed E-state index contributed by atoms with van der Waals surface area (Å²) in [6, 6.07) is 1.97. The third-order valence-corrected chi connectivity index (χ3v) is 4.38. The molecule has 0 atom stereocenters. The first-order valence-corrected chi connectivity index (χ1v) is 6.85. The van der Waals surface area contributed by atoms with Gasteiger partial charge in [-0.25, -0.2) is 4.98 Å². The SMILES string of the molecule is NC(=O)c1sc2[nH+]ccc(N3CCOCC3)c2c1N. The number of hydrogen-bond donors (Lipinski definition) is 2. The fourth-order valence-electron chi connectivity index (χ4n) is 2.33. The number of aromatic amines is 1. The summed E-state index contributed by atoms with van der Waals surface area (Å²) in [7, 11) is 0. The second kappa shape index (κ2) is 4.67. The van der Waals surface area contributed by atoms with Gasteiger partial charge in [-0.3, -0.25) is 4.79 Å². The van der Waals surface area contributed by atoms with Crippen LogP contribution in [0.4, 0.5) is 11.4 Å². The summed E-state index contributed by atoms with van der Waals surface area (Å²) in [5, 5.41) is 0.878. The maximum absolute atomic E-state index is 11.4. The summed E-state index contributed by atoms with van der Waals surface area (Å²) >= 11 is 1.30. The van der Waals surface area contributed by atoms with E-state index in [1.165, 1.54) is 11.3 Å². The molecule has 3 heterocycles. The molecular formula is C12H15N4O2S+. The Kier molecular flexibility index (Phi) is 3.00. The predicted molar refractivity (Wildman–Crippen MR) is 74.3 cm³/mol. The number of amides is 1. The number of carbonyl (C=O) groups excluding carboxylic acids is 1. The molecule has 0 spiro atoms. The predicted octanol–water partition coefficient (Wildman–Crippen LogP) is 0.233. The molecule has 19 heavy (non-hydrogen) atoms. The van der Waals surface area contributed by atoms with E-state index in [-0.39, 0.29) is 0 Å². The highest BCUT2D eigenvalue weighted by Crippen LogP contribution is 2.37. The number of anilines is 2. The Morgan fingerprint density at radius 2 is 2.16 bits per heavy atom. The number of hydrogen-bond acceptors (Lipinski definition) is 5. The molecular weight excluding hydrogens is 264 g/mol. The van der Waals surface area contributed by atoms with Crippen LogP contribution < -0.4 is 21.4 Å². The lowest BCUT2D eigenvalue weighted by atomic mass is 10.2. The summed E-state index contributed by atoms with van der Waals surface area (Å²) < 4.78 is 5.35. The second-order valence-corrected chi connectivity index (χ2v) is 5.40. The number of rotatable bonds is 2. The van der Waals surface area contributed by atoms with Crippen LogP contribution in [0.15, 0.2) is 12.3 Å². The van der Waals surface area contributed by atoms with E-state index in [0.717, 1.165) is 29.0 Å². The first-order valence-electron chi connectivity index (χ1n) is 6.03. The van der Waals surface area contributed by atoms with Crippen LogP contribution in [0, 0.1) is 0 Å². The highest BCUT2D eigenvalue weighted by Gasteiger charge is 2.24. The molecule has 0 bridgehead atoms. The molecule has 6 nitrogen and oxygen atoms in total. The Labute approximate surface area is 114 Å². The lowest BCUT2D eigenvalue weighted by molar-refractivity contribution is -0.341. The number of morpholine rings is 1. The largest absolute Gasteiger partial charge is 0.397 e. The standard InChI is InChI=1S/C12H14N4O2S/c13-9-8-7(16-3-5-18-6-4-16)1-2-15-12(8)19-10(9)11(14)17/h1-2H,3-6,13H2,(H2,14,17)/p+1. The van der Waals surface area contributed by atoms with Crippen molar-refractivity contribution in [3.8, 4) is 0 Å². The van der Waals surface area contributed by atoms with Crippen LogP contribution in [0.25, 0.3) is 10.2 Å². The first-order chi connectivity index (χ1) is 9.18. The van der Waals surface area contributed by atoms with Gasteiger partial charge >= 0.3 is 0 Å². The topological polar surface area (TPSA) is 95.7 Å². The third kappa shape index (κ3) is 2.00. The van der Waals surface area contributed by atoms with Gasteiger partial charge in [0.1, 0.15) is 10.3 Å². The number of aromatic nitrogens is 1. The summed E-state index contributed by atoms with van der Waals surface area (Å²) in [6.45, 7) is 3.04. The van der Waals surface area contributed by atoms with E-state index in [1.54, 1.807) is 0 Å². The van der Waals surface area contributed by atoms with Crippen molar-refractivity contribution in [1.29, 1.82) is 0 Å². The second-order valence-electron chi connectivity index (χ2n) is 4.38. The molecule has 7 heteroatoms. The van der Waals surface area contributed by atoms with Gasteiger partial charge in [0.05, 0.1) is 24.6 Å². The Morgan fingerprint density at radius 3 is 2.84 bits per heavy atom. The molecule has 1 amide bonds. The number of nitrogen functional groups attached to an aromatic ring is 1. The quantitative estimate of drug-likeness (QED) is 0.822. The number of carbonyl (C=O) groups is 1. The van der Waals surface area contributed by atoms with Gasteiger partial charge in [-0.05, 0) is 0 Å². The summed E-state index contributed by atoms with van der Waals surface area (Å²) in [5.74, 6) is -0.486. The van der Waals surface area contributed by atoms with E-state index < -0.39 is 5.91 Å². The van der Waals surface area contributed by atoms with Crippen molar-refractivity contribution in [3.05, 3.63) is 17.1 Å². The van der Waals surface area contributed by atoms with Crippen LogP contribution in [-0.4, -0.2) is 32.2 Å². The molecule has 1 saturated heterocycles. The minimum absolute atomic E-state index is 0.409. The van der Waals surface area contributed by atoms with Crippen molar-refractivity contribution < 1.29 is 14.5 Å². The maximum atomic E-state index is 11.4. The molecule has 2 aromatic rings. The highest BCUT2D eigenvalue weighted by atomic mass is 32.1. The van der Waals surface area contributed by atoms with Gasteiger partial charge in [0.25, 0.3) is 10.7 Å². The van der Waals surface area contributed by atoms with Crippen molar-refractivity contribution in [2.24, 2.45) is 5.73 Å². The number of fused-ring (bicyclic) bond motifs is 1. The van der Waals surface area contributed by atoms with Crippen molar-refractivity contribution >= 4 is 38.8 Å². The van der Waals surface area contributed by atoms with Crippen LogP contribution in [0.2, 0.25) is 0 Å². The number of nitrogens with two attached hydrogens (primary N) is 2. The average Bonchev–Trinajstić information content (AvgIpc) is 2.78. The van der Waals surface area contributed by atoms with Gasteiger partial charge in [0.2, 0.25) is 0 Å². The molecule has 0 aliphatic carbocycles. The molecule has 1 aliphatic heterocycles. The fraction of sp³-hybridized carbons (Fsp3) is 0.333. The van der Waals surface area contributed by atoms with Gasteiger partial charge in [-0.1, -0.05) is 11.3 Å². The van der Waals surface area contributed by atoms with E-state index in [2.05, 4.69) is 9.88 Å². The monoisotopic (exact) mass is 279 g/mol.